The summed E-state index contributed by atoms with van der Waals surface area (Å²) in [6.07, 6.45) is 4.75. The van der Waals surface area contributed by atoms with E-state index in [4.69, 9.17) is 19.9 Å². The van der Waals surface area contributed by atoms with Crippen LogP contribution in [0.5, 0.6) is 0 Å². The second kappa shape index (κ2) is 11.2. The summed E-state index contributed by atoms with van der Waals surface area (Å²) in [5, 5.41) is 24.2. The molecule has 1 saturated heterocycles. The molecule has 2 aliphatic heterocycles. The summed E-state index contributed by atoms with van der Waals surface area (Å²) in [6, 6.07) is -0.0784. The van der Waals surface area contributed by atoms with Gasteiger partial charge in [-0.1, -0.05) is 32.1 Å². The van der Waals surface area contributed by atoms with Crippen LogP contribution in [0.25, 0.3) is 0 Å². The molecule has 3 rings (SSSR count). The Hall–Kier alpha value is -1.29. The van der Waals surface area contributed by atoms with Crippen LogP contribution in [0, 0.1) is 23.7 Å². The van der Waals surface area contributed by atoms with E-state index in [1.165, 1.54) is 7.11 Å². The van der Waals surface area contributed by atoms with Crippen molar-refractivity contribution in [2.75, 3.05) is 20.2 Å². The summed E-state index contributed by atoms with van der Waals surface area (Å²) in [7, 11) is 1.51. The molecule has 0 saturated carbocycles. The van der Waals surface area contributed by atoms with Crippen LogP contribution in [0.1, 0.15) is 47.5 Å². The van der Waals surface area contributed by atoms with Crippen LogP contribution in [0.4, 0.5) is 0 Å². The lowest BCUT2D eigenvalue weighted by Crippen LogP contribution is -2.52. The Kier molecular flexibility index (Phi) is 8.98. The molecule has 2 heterocycles. The number of methoxy groups -OCH3 is 1. The van der Waals surface area contributed by atoms with E-state index >= 15 is 0 Å². The number of nitrogens with one attached hydrogen (secondary N) is 1. The van der Waals surface area contributed by atoms with Crippen LogP contribution < -0.4 is 11.1 Å². The summed E-state index contributed by atoms with van der Waals surface area (Å²) in [5.74, 6) is -0.615. The number of carbonyl (C=O) groups excluding carboxylic acids is 1. The van der Waals surface area contributed by atoms with E-state index in [-0.39, 0.29) is 35.8 Å². The average Bonchev–Trinajstić information content (AvgIpc) is 3.10. The lowest BCUT2D eigenvalue weighted by atomic mass is 9.69. The quantitative estimate of drug-likeness (QED) is 0.305. The molecule has 0 radical (unpaired) electrons. The number of hydrogen-bond acceptors (Lipinski definition) is 8. The first-order valence-electron chi connectivity index (χ1n) is 12.6. The molecule has 11 atom stereocenters. The highest BCUT2D eigenvalue weighted by Crippen LogP contribution is 2.52. The van der Waals surface area contributed by atoms with Gasteiger partial charge >= 0.3 is 5.97 Å². The predicted octanol–water partition coefficient (Wildman–Crippen LogP) is 1.54. The third kappa shape index (κ3) is 5.27. The molecular formula is C26H44N2O6. The van der Waals surface area contributed by atoms with Crippen LogP contribution >= 0.6 is 0 Å². The standard InChI is InChI=1S/C26H44N2O6/c1-14-11-15(2)26-13-19(24(34-26)22(28-10-9-27)16(3)17(4)29)7-8-20(26)12-21(32-6)25(31)33-23(14)18(5)30/h7-8,11,14,16-24,28-30H,9-10,12-13,27H2,1-6H3/b15-11+/t14-,16?,17+,18-,19-,20-,21+,22+,23+,24-,26+/m1/s1. The largest absolute Gasteiger partial charge is 0.457 e. The summed E-state index contributed by atoms with van der Waals surface area (Å²) >= 11 is 0. The smallest absolute Gasteiger partial charge is 0.335 e. The maximum atomic E-state index is 12.9. The number of aliphatic hydroxyl groups excluding tert-OH is 2. The van der Waals surface area contributed by atoms with Gasteiger partial charge in [-0.3, -0.25) is 0 Å². The monoisotopic (exact) mass is 480 g/mol. The molecular weight excluding hydrogens is 436 g/mol. The molecule has 34 heavy (non-hydrogen) atoms. The highest BCUT2D eigenvalue weighted by molar-refractivity contribution is 5.75. The predicted molar refractivity (Wildman–Crippen MR) is 130 cm³/mol. The van der Waals surface area contributed by atoms with Crippen LogP contribution in [0.15, 0.2) is 23.8 Å². The molecule has 0 aromatic heterocycles. The van der Waals surface area contributed by atoms with Crippen molar-refractivity contribution >= 4 is 5.97 Å². The number of cyclic esters (lactones) is 1. The molecule has 0 aromatic rings. The molecule has 0 aromatic carbocycles. The summed E-state index contributed by atoms with van der Waals surface area (Å²) in [5.41, 5.74) is 6.26. The molecule has 0 amide bonds. The van der Waals surface area contributed by atoms with Crippen molar-refractivity contribution in [2.45, 2.75) is 89.6 Å². The minimum Gasteiger partial charge on any atom is -0.457 e. The summed E-state index contributed by atoms with van der Waals surface area (Å²) in [4.78, 5) is 12.9. The van der Waals surface area contributed by atoms with Gasteiger partial charge in [0.1, 0.15) is 6.10 Å². The number of nitrogens with two attached hydrogens (primary N) is 1. The normalized spacial score (nSPS) is 41.0. The Morgan fingerprint density at radius 3 is 2.56 bits per heavy atom. The van der Waals surface area contributed by atoms with Crippen molar-refractivity contribution < 1.29 is 29.2 Å². The molecule has 2 bridgehead atoms. The highest BCUT2D eigenvalue weighted by Gasteiger charge is 2.56. The topological polar surface area (TPSA) is 123 Å². The number of fused-ring (bicyclic) bond motifs is 1. The molecule has 3 aliphatic rings. The second-order valence-corrected chi connectivity index (χ2v) is 10.5. The van der Waals surface area contributed by atoms with Crippen LogP contribution in [-0.2, 0) is 19.0 Å². The zero-order chi connectivity index (χ0) is 25.2. The first kappa shape index (κ1) is 27.3. The maximum Gasteiger partial charge on any atom is 0.335 e. The number of ether oxygens (including phenoxy) is 3. The highest BCUT2D eigenvalue weighted by atomic mass is 16.6. The van der Waals surface area contributed by atoms with Crippen molar-refractivity contribution in [2.24, 2.45) is 29.4 Å². The Labute approximate surface area is 203 Å². The van der Waals surface area contributed by atoms with Gasteiger partial charge in [0.2, 0.25) is 0 Å². The summed E-state index contributed by atoms with van der Waals surface area (Å²) in [6.45, 7) is 10.6. The lowest BCUT2D eigenvalue weighted by molar-refractivity contribution is -0.171. The Bertz CT molecular complexity index is 768. The maximum absolute atomic E-state index is 12.9. The molecule has 1 fully saturated rings. The Morgan fingerprint density at radius 1 is 1.26 bits per heavy atom. The van der Waals surface area contributed by atoms with Gasteiger partial charge in [-0.15, -0.1) is 0 Å². The molecule has 194 valence electrons. The fourth-order valence-corrected chi connectivity index (χ4v) is 6.00. The van der Waals surface area contributed by atoms with E-state index in [9.17, 15) is 15.0 Å². The number of hydrogen-bond donors (Lipinski definition) is 4. The van der Waals surface area contributed by atoms with Gasteiger partial charge in [0.15, 0.2) is 6.10 Å². The fourth-order valence-electron chi connectivity index (χ4n) is 6.00. The number of rotatable bonds is 8. The average molecular weight is 481 g/mol. The van der Waals surface area contributed by atoms with E-state index in [1.54, 1.807) is 13.8 Å². The van der Waals surface area contributed by atoms with Gasteiger partial charge in [-0.2, -0.15) is 0 Å². The van der Waals surface area contributed by atoms with E-state index in [1.807, 2.05) is 13.8 Å². The molecule has 1 unspecified atom stereocenters. The zero-order valence-corrected chi connectivity index (χ0v) is 21.4. The molecule has 8 heteroatoms. The van der Waals surface area contributed by atoms with Gasteiger partial charge in [0.05, 0.1) is 23.9 Å². The van der Waals surface area contributed by atoms with Gasteiger partial charge in [-0.25, -0.2) is 4.79 Å². The first-order valence-corrected chi connectivity index (χ1v) is 12.6. The minimum atomic E-state index is -0.818. The third-order valence-corrected chi connectivity index (χ3v) is 8.14. The van der Waals surface area contributed by atoms with Crippen LogP contribution in [0.3, 0.4) is 0 Å². The van der Waals surface area contributed by atoms with Crippen LogP contribution in [0.2, 0.25) is 0 Å². The van der Waals surface area contributed by atoms with Crippen LogP contribution in [-0.4, -0.2) is 78.5 Å². The zero-order valence-electron chi connectivity index (χ0n) is 21.4. The van der Waals surface area contributed by atoms with E-state index in [0.29, 0.717) is 19.5 Å². The van der Waals surface area contributed by atoms with Crippen molar-refractivity contribution in [1.82, 2.24) is 5.32 Å². The van der Waals surface area contributed by atoms with Crippen molar-refractivity contribution in [1.29, 1.82) is 0 Å². The Balaban J connectivity index is 2.03. The SMILES string of the molecule is CO[C@H]1C[C@H]2C=C[C@@H]3C[C@]2(O[C@H]3[C@@H](NCCN)C(C)[C@H](C)O)/C(C)=C/[C@@H](C)[C@@H]([C@@H](C)O)OC1=O. The second-order valence-electron chi connectivity index (χ2n) is 10.5. The van der Waals surface area contributed by atoms with Crippen molar-refractivity contribution in [3.8, 4) is 0 Å². The summed E-state index contributed by atoms with van der Waals surface area (Å²) < 4.78 is 18.3. The molecule has 8 nitrogen and oxygen atoms in total. The van der Waals surface area contributed by atoms with E-state index < -0.39 is 36.0 Å². The third-order valence-electron chi connectivity index (χ3n) is 8.14. The van der Waals surface area contributed by atoms with E-state index in [2.05, 4.69) is 30.5 Å². The molecule has 1 spiro atoms. The van der Waals surface area contributed by atoms with Gasteiger partial charge in [0, 0.05) is 44.0 Å². The number of carbonyl (C=O) groups is 1. The molecule has 1 aliphatic carbocycles. The lowest BCUT2D eigenvalue weighted by Gasteiger charge is -2.42. The molecule has 5 N–H and O–H groups in total. The van der Waals surface area contributed by atoms with Gasteiger partial charge in [-0.05, 0) is 45.1 Å². The number of esters is 1. The first-order chi connectivity index (χ1) is 16.0. The Morgan fingerprint density at radius 2 is 1.97 bits per heavy atom. The van der Waals surface area contributed by atoms with Gasteiger partial charge < -0.3 is 35.5 Å². The van der Waals surface area contributed by atoms with Gasteiger partial charge in [0.25, 0.3) is 0 Å². The van der Waals surface area contributed by atoms with Crippen molar-refractivity contribution in [3.05, 3.63) is 23.8 Å². The van der Waals surface area contributed by atoms with E-state index in [0.717, 1.165) is 12.0 Å². The minimum absolute atomic E-state index is 0.0387. The van der Waals surface area contributed by atoms with Crippen molar-refractivity contribution in [3.63, 3.8) is 0 Å². The fraction of sp³-hybridized carbons (Fsp3) is 0.808. The number of aliphatic hydroxyl groups is 2.